The van der Waals surface area contributed by atoms with Gasteiger partial charge in [-0.25, -0.2) is 9.18 Å². The summed E-state index contributed by atoms with van der Waals surface area (Å²) < 4.78 is 15.9. The van der Waals surface area contributed by atoms with Crippen LogP contribution in [0.15, 0.2) is 66.7 Å². The van der Waals surface area contributed by atoms with Crippen molar-refractivity contribution in [3.63, 3.8) is 0 Å². The molecule has 2 heterocycles. The van der Waals surface area contributed by atoms with E-state index >= 15 is 0 Å². The van der Waals surface area contributed by atoms with E-state index in [1.165, 1.54) is 51.0 Å². The highest BCUT2D eigenvalue weighted by molar-refractivity contribution is 5.87. The van der Waals surface area contributed by atoms with E-state index in [0.717, 1.165) is 18.5 Å². The summed E-state index contributed by atoms with van der Waals surface area (Å²) in [6.07, 6.45) is 0.808. The molecule has 168 valence electrons. The van der Waals surface area contributed by atoms with Gasteiger partial charge in [0.25, 0.3) is 0 Å². The zero-order valence-corrected chi connectivity index (χ0v) is 19.1. The van der Waals surface area contributed by atoms with E-state index < -0.39 is 0 Å². The SMILES string of the molecule is Cc1ccc(C)c(Cn2c3c(c4ccccc42)CN(C(=O)NCc2cccc(F)c2)CC3)c1. The highest BCUT2D eigenvalue weighted by Gasteiger charge is 2.26. The summed E-state index contributed by atoms with van der Waals surface area (Å²) in [5.41, 5.74) is 8.39. The quantitative estimate of drug-likeness (QED) is 0.433. The Morgan fingerprint density at radius 1 is 1.03 bits per heavy atom. The van der Waals surface area contributed by atoms with Crippen LogP contribution >= 0.6 is 0 Å². The minimum Gasteiger partial charge on any atom is -0.340 e. The molecule has 5 rings (SSSR count). The minimum atomic E-state index is -0.291. The normalized spacial score (nSPS) is 13.2. The van der Waals surface area contributed by atoms with E-state index in [0.29, 0.717) is 19.6 Å². The Labute approximate surface area is 193 Å². The van der Waals surface area contributed by atoms with Crippen molar-refractivity contribution in [1.29, 1.82) is 0 Å². The summed E-state index contributed by atoms with van der Waals surface area (Å²) in [5.74, 6) is -0.291. The lowest BCUT2D eigenvalue weighted by atomic mass is 10.0. The van der Waals surface area contributed by atoms with E-state index in [1.807, 2.05) is 11.0 Å². The molecule has 2 amide bonds. The molecule has 0 unspecified atom stereocenters. The Bertz CT molecular complexity index is 1340. The van der Waals surface area contributed by atoms with Crippen molar-refractivity contribution in [1.82, 2.24) is 14.8 Å². The predicted molar refractivity (Wildman–Crippen MR) is 130 cm³/mol. The number of nitrogens with one attached hydrogen (secondary N) is 1. The highest BCUT2D eigenvalue weighted by atomic mass is 19.1. The molecular weight excluding hydrogens is 413 g/mol. The first-order valence-corrected chi connectivity index (χ1v) is 11.4. The maximum atomic E-state index is 13.4. The van der Waals surface area contributed by atoms with E-state index in [1.54, 1.807) is 6.07 Å². The lowest BCUT2D eigenvalue weighted by Gasteiger charge is -2.28. The standard InChI is InChI=1S/C28H28FN3O/c1-19-10-11-20(2)22(14-19)17-32-26-9-4-3-8-24(26)25-18-31(13-12-27(25)32)28(33)30-16-21-6-5-7-23(29)15-21/h3-11,14-15H,12-13,16-18H2,1-2H3,(H,30,33). The van der Waals surface area contributed by atoms with Crippen LogP contribution in [0.2, 0.25) is 0 Å². The lowest BCUT2D eigenvalue weighted by molar-refractivity contribution is 0.191. The number of amides is 2. The smallest absolute Gasteiger partial charge is 0.317 e. The monoisotopic (exact) mass is 441 g/mol. The average Bonchev–Trinajstić information content (AvgIpc) is 3.13. The van der Waals surface area contributed by atoms with Crippen molar-refractivity contribution < 1.29 is 9.18 Å². The van der Waals surface area contributed by atoms with Gasteiger partial charge in [0.15, 0.2) is 0 Å². The molecule has 0 fully saturated rings. The molecule has 4 aromatic rings. The number of rotatable bonds is 4. The van der Waals surface area contributed by atoms with Crippen molar-refractivity contribution >= 4 is 16.9 Å². The number of hydrogen-bond acceptors (Lipinski definition) is 1. The van der Waals surface area contributed by atoms with Crippen LogP contribution in [0.5, 0.6) is 0 Å². The predicted octanol–water partition coefficient (Wildman–Crippen LogP) is 5.71. The van der Waals surface area contributed by atoms with Crippen molar-refractivity contribution in [3.8, 4) is 0 Å². The Balaban J connectivity index is 1.40. The second-order valence-corrected chi connectivity index (χ2v) is 8.92. The third-order valence-corrected chi connectivity index (χ3v) is 6.61. The van der Waals surface area contributed by atoms with Gasteiger partial charge in [-0.1, -0.05) is 54.1 Å². The number of nitrogens with zero attached hydrogens (tertiary/aromatic N) is 2. The topological polar surface area (TPSA) is 37.3 Å². The summed E-state index contributed by atoms with van der Waals surface area (Å²) in [6.45, 7) is 6.67. The molecule has 1 aliphatic heterocycles. The van der Waals surface area contributed by atoms with E-state index in [4.69, 9.17) is 0 Å². The maximum absolute atomic E-state index is 13.4. The molecule has 0 saturated heterocycles. The Morgan fingerprint density at radius 2 is 1.88 bits per heavy atom. The second kappa shape index (κ2) is 8.74. The van der Waals surface area contributed by atoms with Crippen molar-refractivity contribution in [2.24, 2.45) is 0 Å². The number of para-hydroxylation sites is 1. The molecule has 1 aliphatic rings. The van der Waals surface area contributed by atoms with Gasteiger partial charge in [-0.2, -0.15) is 0 Å². The first-order valence-electron chi connectivity index (χ1n) is 11.4. The van der Waals surface area contributed by atoms with Gasteiger partial charge >= 0.3 is 6.03 Å². The number of aryl methyl sites for hydroxylation is 2. The number of carbonyl (C=O) groups is 1. The number of aromatic nitrogens is 1. The Hall–Kier alpha value is -3.60. The molecule has 0 aliphatic carbocycles. The molecule has 33 heavy (non-hydrogen) atoms. The zero-order chi connectivity index (χ0) is 22.9. The number of halogens is 1. The average molecular weight is 442 g/mol. The third-order valence-electron chi connectivity index (χ3n) is 6.61. The first kappa shape index (κ1) is 21.3. The van der Waals surface area contributed by atoms with Crippen molar-refractivity contribution in [2.75, 3.05) is 6.54 Å². The van der Waals surface area contributed by atoms with Gasteiger partial charge in [-0.15, -0.1) is 0 Å². The first-order chi connectivity index (χ1) is 16.0. The minimum absolute atomic E-state index is 0.115. The molecular formula is C28H28FN3O. The molecule has 0 radical (unpaired) electrons. The summed E-state index contributed by atoms with van der Waals surface area (Å²) in [5, 5.41) is 4.16. The van der Waals surface area contributed by atoms with Crippen LogP contribution < -0.4 is 5.32 Å². The van der Waals surface area contributed by atoms with Crippen LogP contribution in [-0.4, -0.2) is 22.0 Å². The van der Waals surface area contributed by atoms with E-state index in [2.05, 4.69) is 66.2 Å². The molecule has 1 N–H and O–H groups in total. The summed E-state index contributed by atoms with van der Waals surface area (Å²) in [7, 11) is 0. The summed E-state index contributed by atoms with van der Waals surface area (Å²) >= 11 is 0. The lowest BCUT2D eigenvalue weighted by Crippen LogP contribution is -2.42. The van der Waals surface area contributed by atoms with Crippen molar-refractivity contribution in [2.45, 2.75) is 39.9 Å². The fraction of sp³-hybridized carbons (Fsp3) is 0.250. The molecule has 5 heteroatoms. The number of hydrogen-bond donors (Lipinski definition) is 1. The van der Waals surface area contributed by atoms with Gasteiger partial charge < -0.3 is 14.8 Å². The van der Waals surface area contributed by atoms with Crippen LogP contribution in [0.25, 0.3) is 10.9 Å². The fourth-order valence-electron chi connectivity index (χ4n) is 4.83. The van der Waals surface area contributed by atoms with Gasteiger partial charge in [-0.05, 0) is 48.7 Å². The van der Waals surface area contributed by atoms with E-state index in [9.17, 15) is 9.18 Å². The second-order valence-electron chi connectivity index (χ2n) is 8.92. The van der Waals surface area contributed by atoms with Crippen LogP contribution in [0.4, 0.5) is 9.18 Å². The zero-order valence-electron chi connectivity index (χ0n) is 19.1. The largest absolute Gasteiger partial charge is 0.340 e. The number of carbonyl (C=O) groups excluding carboxylic acids is 1. The van der Waals surface area contributed by atoms with Crippen LogP contribution in [0, 0.1) is 19.7 Å². The third kappa shape index (κ3) is 4.23. The number of benzene rings is 3. The molecule has 0 atom stereocenters. The van der Waals surface area contributed by atoms with Gasteiger partial charge in [0.2, 0.25) is 0 Å². The molecule has 1 aromatic heterocycles. The summed E-state index contributed by atoms with van der Waals surface area (Å²) in [4.78, 5) is 14.8. The molecule has 4 nitrogen and oxygen atoms in total. The molecule has 0 bridgehead atoms. The van der Waals surface area contributed by atoms with Crippen LogP contribution in [0.1, 0.15) is 33.5 Å². The van der Waals surface area contributed by atoms with Crippen LogP contribution in [0.3, 0.4) is 0 Å². The van der Waals surface area contributed by atoms with Gasteiger partial charge in [0.05, 0.1) is 0 Å². The molecule has 3 aromatic carbocycles. The van der Waals surface area contributed by atoms with Gasteiger partial charge in [0, 0.05) is 54.8 Å². The molecule has 0 saturated carbocycles. The Morgan fingerprint density at radius 3 is 2.73 bits per heavy atom. The fourth-order valence-corrected chi connectivity index (χ4v) is 4.83. The van der Waals surface area contributed by atoms with Crippen LogP contribution in [-0.2, 0) is 26.1 Å². The van der Waals surface area contributed by atoms with Crippen molar-refractivity contribution in [3.05, 3.63) is 106 Å². The van der Waals surface area contributed by atoms with Gasteiger partial charge in [-0.3, -0.25) is 0 Å². The molecule has 0 spiro atoms. The maximum Gasteiger partial charge on any atom is 0.317 e. The van der Waals surface area contributed by atoms with E-state index in [-0.39, 0.29) is 11.8 Å². The van der Waals surface area contributed by atoms with Gasteiger partial charge in [0.1, 0.15) is 5.82 Å². The number of urea groups is 1. The summed E-state index contributed by atoms with van der Waals surface area (Å²) in [6, 6.07) is 21.3. The number of fused-ring (bicyclic) bond motifs is 3. The Kier molecular flexibility index (Phi) is 5.63. The highest BCUT2D eigenvalue weighted by Crippen LogP contribution is 2.32.